The summed E-state index contributed by atoms with van der Waals surface area (Å²) >= 11 is 1.66. The number of para-hydroxylation sites is 1. The molecule has 7 nitrogen and oxygen atoms in total. The Labute approximate surface area is 230 Å². The molecule has 206 valence electrons. The number of nitrogens with zero attached hydrogens (tertiary/aromatic N) is 3. The normalized spacial score (nSPS) is 28.2. The Morgan fingerprint density at radius 2 is 1.87 bits per heavy atom. The first-order chi connectivity index (χ1) is 18.2. The van der Waals surface area contributed by atoms with Crippen LogP contribution < -0.4 is 4.90 Å². The predicted molar refractivity (Wildman–Crippen MR) is 153 cm³/mol. The zero-order valence-electron chi connectivity index (χ0n) is 23.1. The van der Waals surface area contributed by atoms with Gasteiger partial charge in [0.1, 0.15) is 6.04 Å². The zero-order chi connectivity index (χ0) is 27.8. The first-order valence-electron chi connectivity index (χ1n) is 13.7. The van der Waals surface area contributed by atoms with Crippen LogP contribution in [0.25, 0.3) is 0 Å². The van der Waals surface area contributed by atoms with Gasteiger partial charge in [-0.1, -0.05) is 37.3 Å². The van der Waals surface area contributed by atoms with E-state index >= 15 is 0 Å². The molecular formula is C30H41N3O4S. The standard InChI is InChI=1S/C30H41N3O4S/c1-7-15-31(16-8-2)27(35)23-22-13-14-30(38-22)24(23)28(36)33(21(6)18-34)26(30)29(37)32(17-9-3)25-19(4)11-10-12-20(25)5/h7,9-12,21-24,26,34H,1,3,8,13-18H2,2,4-6H3/t21-,22+,23-,24+,26?,30?/m1/s1. The number of hydrogen-bond acceptors (Lipinski definition) is 5. The van der Waals surface area contributed by atoms with E-state index in [4.69, 9.17) is 0 Å². The minimum Gasteiger partial charge on any atom is -0.394 e. The molecule has 4 rings (SSSR count). The highest BCUT2D eigenvalue weighted by molar-refractivity contribution is 8.02. The number of rotatable bonds is 11. The molecule has 2 unspecified atom stereocenters. The van der Waals surface area contributed by atoms with Crippen molar-refractivity contribution >= 4 is 35.2 Å². The van der Waals surface area contributed by atoms with Crippen LogP contribution in [0, 0.1) is 25.7 Å². The number of carbonyl (C=O) groups is 3. The maximum absolute atomic E-state index is 14.6. The minimum absolute atomic E-state index is 0.00411. The van der Waals surface area contributed by atoms with E-state index in [1.165, 1.54) is 0 Å². The predicted octanol–water partition coefficient (Wildman–Crippen LogP) is 3.72. The Bertz CT molecular complexity index is 1100. The van der Waals surface area contributed by atoms with Gasteiger partial charge in [0.05, 0.1) is 29.2 Å². The molecule has 0 aliphatic carbocycles. The largest absolute Gasteiger partial charge is 0.394 e. The molecule has 1 N–H and O–H groups in total. The van der Waals surface area contributed by atoms with Gasteiger partial charge in [0.2, 0.25) is 11.8 Å². The highest BCUT2D eigenvalue weighted by atomic mass is 32.2. The smallest absolute Gasteiger partial charge is 0.251 e. The molecule has 8 heteroatoms. The molecule has 1 spiro atoms. The van der Waals surface area contributed by atoms with Crippen molar-refractivity contribution in [2.75, 3.05) is 31.1 Å². The molecule has 1 aromatic carbocycles. The van der Waals surface area contributed by atoms with Crippen molar-refractivity contribution in [1.29, 1.82) is 0 Å². The van der Waals surface area contributed by atoms with Crippen LogP contribution in [-0.4, -0.2) is 80.9 Å². The lowest BCUT2D eigenvalue weighted by Gasteiger charge is -2.39. The fraction of sp³-hybridized carbons (Fsp3) is 0.567. The van der Waals surface area contributed by atoms with Gasteiger partial charge in [-0.15, -0.1) is 24.9 Å². The van der Waals surface area contributed by atoms with E-state index in [1.54, 1.807) is 45.5 Å². The maximum Gasteiger partial charge on any atom is 0.251 e. The van der Waals surface area contributed by atoms with Crippen molar-refractivity contribution in [1.82, 2.24) is 9.80 Å². The topological polar surface area (TPSA) is 81.2 Å². The summed E-state index contributed by atoms with van der Waals surface area (Å²) in [7, 11) is 0. The molecule has 3 amide bonds. The lowest BCUT2D eigenvalue weighted by molar-refractivity contribution is -0.145. The fourth-order valence-corrected chi connectivity index (χ4v) is 9.13. The molecule has 2 bridgehead atoms. The Balaban J connectivity index is 1.81. The lowest BCUT2D eigenvalue weighted by Crippen LogP contribution is -2.57. The average Bonchev–Trinajstić information content (AvgIpc) is 3.54. The lowest BCUT2D eigenvalue weighted by atomic mass is 9.70. The van der Waals surface area contributed by atoms with Crippen LogP contribution in [0.4, 0.5) is 5.69 Å². The van der Waals surface area contributed by atoms with Crippen LogP contribution >= 0.6 is 11.8 Å². The molecule has 3 heterocycles. The second kappa shape index (κ2) is 11.3. The van der Waals surface area contributed by atoms with E-state index in [0.29, 0.717) is 26.1 Å². The SMILES string of the molecule is C=CCN(CCC)C(=O)[C@@H]1[C@@H]2CCC3(S2)C(C(=O)N(CC=C)c2c(C)cccc2C)N([C@H](C)CO)C(=O)[C@H]13. The number of thioether (sulfide) groups is 1. The van der Waals surface area contributed by atoms with Gasteiger partial charge in [-0.3, -0.25) is 14.4 Å². The highest BCUT2D eigenvalue weighted by Gasteiger charge is 2.74. The first kappa shape index (κ1) is 28.4. The molecule has 1 aromatic rings. The molecule has 3 aliphatic heterocycles. The molecular weight excluding hydrogens is 498 g/mol. The summed E-state index contributed by atoms with van der Waals surface area (Å²) in [6, 6.07) is 4.61. The molecule has 3 aliphatic rings. The second-order valence-electron chi connectivity index (χ2n) is 10.9. The van der Waals surface area contributed by atoms with Crippen molar-refractivity contribution in [2.45, 2.75) is 69.0 Å². The first-order valence-corrected chi connectivity index (χ1v) is 14.5. The second-order valence-corrected chi connectivity index (χ2v) is 12.5. The van der Waals surface area contributed by atoms with E-state index in [-0.39, 0.29) is 29.6 Å². The number of hydrogen-bond donors (Lipinski definition) is 1. The number of aryl methyl sites for hydroxylation is 2. The summed E-state index contributed by atoms with van der Waals surface area (Å²) in [5.74, 6) is -1.45. The highest BCUT2D eigenvalue weighted by Crippen LogP contribution is 2.67. The molecule has 0 aromatic heterocycles. The van der Waals surface area contributed by atoms with Crippen LogP contribution in [0.15, 0.2) is 43.5 Å². The van der Waals surface area contributed by atoms with Gasteiger partial charge in [0.15, 0.2) is 0 Å². The van der Waals surface area contributed by atoms with Gasteiger partial charge in [-0.2, -0.15) is 0 Å². The van der Waals surface area contributed by atoms with Crippen molar-refractivity contribution in [2.24, 2.45) is 11.8 Å². The monoisotopic (exact) mass is 539 g/mol. The third kappa shape index (κ3) is 4.39. The molecule has 0 radical (unpaired) electrons. The number of benzene rings is 1. The van der Waals surface area contributed by atoms with Crippen molar-refractivity contribution < 1.29 is 19.5 Å². The number of amides is 3. The van der Waals surface area contributed by atoms with Crippen LogP contribution in [0.3, 0.4) is 0 Å². The number of aliphatic hydroxyl groups is 1. The average molecular weight is 540 g/mol. The summed E-state index contributed by atoms with van der Waals surface area (Å²) in [5.41, 5.74) is 2.76. The van der Waals surface area contributed by atoms with Crippen molar-refractivity contribution in [3.05, 3.63) is 54.6 Å². The maximum atomic E-state index is 14.6. The zero-order valence-corrected chi connectivity index (χ0v) is 23.9. The summed E-state index contributed by atoms with van der Waals surface area (Å²) in [6.07, 6.45) is 5.73. The van der Waals surface area contributed by atoms with E-state index < -0.39 is 28.7 Å². The van der Waals surface area contributed by atoms with E-state index in [1.807, 2.05) is 39.0 Å². The van der Waals surface area contributed by atoms with Gasteiger partial charge in [0.25, 0.3) is 5.91 Å². The summed E-state index contributed by atoms with van der Waals surface area (Å²) in [5, 5.41) is 10.2. The van der Waals surface area contributed by atoms with Gasteiger partial charge in [-0.05, 0) is 51.2 Å². The van der Waals surface area contributed by atoms with Crippen molar-refractivity contribution in [3.8, 4) is 0 Å². The van der Waals surface area contributed by atoms with Gasteiger partial charge in [0, 0.05) is 30.6 Å². The number of aliphatic hydroxyl groups excluding tert-OH is 1. The molecule has 3 saturated heterocycles. The van der Waals surface area contributed by atoms with Gasteiger partial charge >= 0.3 is 0 Å². The van der Waals surface area contributed by atoms with Gasteiger partial charge in [-0.25, -0.2) is 0 Å². The van der Waals surface area contributed by atoms with Crippen LogP contribution in [0.5, 0.6) is 0 Å². The Morgan fingerprint density at radius 3 is 2.45 bits per heavy atom. The minimum atomic E-state index is -0.770. The van der Waals surface area contributed by atoms with Crippen LogP contribution in [-0.2, 0) is 14.4 Å². The quantitative estimate of drug-likeness (QED) is 0.434. The summed E-state index contributed by atoms with van der Waals surface area (Å²) in [4.78, 5) is 47.9. The Hall–Kier alpha value is -2.58. The van der Waals surface area contributed by atoms with Crippen LogP contribution in [0.2, 0.25) is 0 Å². The fourth-order valence-electron chi connectivity index (χ4n) is 6.94. The van der Waals surface area contributed by atoms with Crippen LogP contribution in [0.1, 0.15) is 44.2 Å². The molecule has 0 saturated carbocycles. The van der Waals surface area contributed by atoms with E-state index in [2.05, 4.69) is 13.2 Å². The van der Waals surface area contributed by atoms with Crippen molar-refractivity contribution in [3.63, 3.8) is 0 Å². The third-order valence-electron chi connectivity index (χ3n) is 8.44. The summed E-state index contributed by atoms with van der Waals surface area (Å²) < 4.78 is -0.704. The van der Waals surface area contributed by atoms with Gasteiger partial charge < -0.3 is 19.8 Å². The number of likely N-dealkylation sites (tertiary alicyclic amines) is 1. The van der Waals surface area contributed by atoms with E-state index in [9.17, 15) is 19.5 Å². The number of carbonyl (C=O) groups excluding carboxylic acids is 3. The molecule has 38 heavy (non-hydrogen) atoms. The number of fused-ring (bicyclic) bond motifs is 1. The summed E-state index contributed by atoms with van der Waals surface area (Å²) in [6.45, 7) is 16.6. The third-order valence-corrected chi connectivity index (χ3v) is 10.4. The number of anilines is 1. The molecule has 3 fully saturated rings. The molecule has 6 atom stereocenters. The Morgan fingerprint density at radius 1 is 1.21 bits per heavy atom. The van der Waals surface area contributed by atoms with E-state index in [0.717, 1.165) is 29.7 Å². The Kier molecular flexibility index (Phi) is 8.43.